The van der Waals surface area contributed by atoms with E-state index in [-0.39, 0.29) is 5.97 Å². The van der Waals surface area contributed by atoms with Crippen molar-refractivity contribution in [1.29, 1.82) is 0 Å². The molecule has 0 unspecified atom stereocenters. The Kier molecular flexibility index (Phi) is 4.14. The molecule has 0 radical (unpaired) electrons. The summed E-state index contributed by atoms with van der Waals surface area (Å²) in [5.74, 6) is 0.456. The van der Waals surface area contributed by atoms with Gasteiger partial charge in [-0.1, -0.05) is 18.2 Å². The monoisotopic (exact) mass is 323 g/mol. The van der Waals surface area contributed by atoms with Crippen molar-refractivity contribution < 1.29 is 14.3 Å². The Balaban J connectivity index is 2.37. The molecule has 2 aromatic carbocycles. The number of para-hydroxylation sites is 1. The summed E-state index contributed by atoms with van der Waals surface area (Å²) in [6, 6.07) is 13.8. The molecule has 0 aliphatic heterocycles. The van der Waals surface area contributed by atoms with Crippen molar-refractivity contribution in [2.24, 2.45) is 0 Å². The molecule has 0 N–H and O–H groups in total. The number of carbonyl (C=O) groups is 1. The predicted octanol–water partition coefficient (Wildman–Crippen LogP) is 4.24. The third-order valence-electron chi connectivity index (χ3n) is 4.29. The first-order valence-electron chi connectivity index (χ1n) is 8.03. The third kappa shape index (κ3) is 2.58. The summed E-state index contributed by atoms with van der Waals surface area (Å²) < 4.78 is 10.6. The van der Waals surface area contributed by atoms with E-state index < -0.39 is 5.41 Å². The van der Waals surface area contributed by atoms with Crippen LogP contribution in [-0.4, -0.2) is 24.7 Å². The van der Waals surface area contributed by atoms with E-state index in [0.29, 0.717) is 12.3 Å². The molecule has 0 spiro atoms. The van der Waals surface area contributed by atoms with Gasteiger partial charge < -0.3 is 9.47 Å². The number of hydrogen-bond acceptors (Lipinski definition) is 4. The summed E-state index contributed by atoms with van der Waals surface area (Å²) in [7, 11) is 1.63. The van der Waals surface area contributed by atoms with Gasteiger partial charge in [0.15, 0.2) is 0 Å². The molecule has 0 saturated heterocycles. The van der Waals surface area contributed by atoms with Crippen molar-refractivity contribution in [3.05, 3.63) is 48.2 Å². The number of ether oxygens (including phenoxy) is 2. The van der Waals surface area contributed by atoms with Crippen LogP contribution in [0, 0.1) is 0 Å². The van der Waals surface area contributed by atoms with Gasteiger partial charge in [0.05, 0.1) is 24.9 Å². The molecule has 1 aromatic heterocycles. The number of hydrogen-bond donors (Lipinski definition) is 0. The maximum atomic E-state index is 12.5. The number of aromatic nitrogens is 1. The molecular formula is C20H21NO3. The lowest BCUT2D eigenvalue weighted by Crippen LogP contribution is -2.32. The fraction of sp³-hybridized carbons (Fsp3) is 0.300. The van der Waals surface area contributed by atoms with Crippen LogP contribution < -0.4 is 4.74 Å². The van der Waals surface area contributed by atoms with Gasteiger partial charge in [0.2, 0.25) is 0 Å². The average molecular weight is 323 g/mol. The number of benzene rings is 2. The van der Waals surface area contributed by atoms with Gasteiger partial charge in [-0.25, -0.2) is 0 Å². The van der Waals surface area contributed by atoms with E-state index in [1.807, 2.05) is 63.2 Å². The standard InChI is InChI=1S/C20H21NO3/c1-5-24-19(22)20(2,3)18-16-12-13(23-4)10-11-14(16)15-8-6-7-9-17(15)21-18/h6-12H,5H2,1-4H3. The van der Waals surface area contributed by atoms with E-state index in [4.69, 9.17) is 14.5 Å². The van der Waals surface area contributed by atoms with Crippen molar-refractivity contribution in [3.63, 3.8) is 0 Å². The number of esters is 1. The topological polar surface area (TPSA) is 48.4 Å². The lowest BCUT2D eigenvalue weighted by atomic mass is 9.85. The minimum atomic E-state index is -0.856. The van der Waals surface area contributed by atoms with Gasteiger partial charge in [-0.15, -0.1) is 0 Å². The molecule has 1 heterocycles. The summed E-state index contributed by atoms with van der Waals surface area (Å²) in [6.07, 6.45) is 0. The van der Waals surface area contributed by atoms with Crippen molar-refractivity contribution in [2.45, 2.75) is 26.2 Å². The minimum absolute atomic E-state index is 0.281. The van der Waals surface area contributed by atoms with Gasteiger partial charge >= 0.3 is 5.97 Å². The quantitative estimate of drug-likeness (QED) is 0.532. The summed E-state index contributed by atoms with van der Waals surface area (Å²) in [4.78, 5) is 17.3. The largest absolute Gasteiger partial charge is 0.497 e. The van der Waals surface area contributed by atoms with Crippen molar-refractivity contribution in [2.75, 3.05) is 13.7 Å². The van der Waals surface area contributed by atoms with E-state index in [0.717, 1.165) is 27.4 Å². The third-order valence-corrected chi connectivity index (χ3v) is 4.29. The van der Waals surface area contributed by atoms with Crippen molar-refractivity contribution >= 4 is 27.6 Å². The molecule has 3 rings (SSSR count). The highest BCUT2D eigenvalue weighted by Crippen LogP contribution is 2.35. The summed E-state index contributed by atoms with van der Waals surface area (Å²) >= 11 is 0. The van der Waals surface area contributed by atoms with E-state index in [2.05, 4.69) is 0 Å². The molecular weight excluding hydrogens is 302 g/mol. The summed E-state index contributed by atoms with van der Waals surface area (Å²) in [6.45, 7) is 5.85. The van der Waals surface area contributed by atoms with E-state index in [9.17, 15) is 4.79 Å². The van der Waals surface area contributed by atoms with Crippen LogP contribution in [0.15, 0.2) is 42.5 Å². The smallest absolute Gasteiger partial charge is 0.317 e. The van der Waals surface area contributed by atoms with E-state index in [1.54, 1.807) is 7.11 Å². The molecule has 0 saturated carbocycles. The molecule has 0 bridgehead atoms. The fourth-order valence-electron chi connectivity index (χ4n) is 2.95. The number of methoxy groups -OCH3 is 1. The zero-order chi connectivity index (χ0) is 17.3. The number of rotatable bonds is 4. The second-order valence-corrected chi connectivity index (χ2v) is 6.23. The summed E-state index contributed by atoms with van der Waals surface area (Å²) in [5, 5.41) is 3.01. The molecule has 4 heteroatoms. The Morgan fingerprint density at radius 2 is 1.83 bits per heavy atom. The first-order valence-corrected chi connectivity index (χ1v) is 8.03. The molecule has 0 fully saturated rings. The molecule has 0 aliphatic rings. The molecule has 4 nitrogen and oxygen atoms in total. The highest BCUT2D eigenvalue weighted by atomic mass is 16.5. The second-order valence-electron chi connectivity index (χ2n) is 6.23. The van der Waals surface area contributed by atoms with Crippen LogP contribution >= 0.6 is 0 Å². The van der Waals surface area contributed by atoms with E-state index in [1.165, 1.54) is 0 Å². The van der Waals surface area contributed by atoms with Gasteiger partial charge in [0, 0.05) is 10.8 Å². The summed E-state index contributed by atoms with van der Waals surface area (Å²) in [5.41, 5.74) is 0.709. The first-order chi connectivity index (χ1) is 11.5. The average Bonchev–Trinajstić information content (AvgIpc) is 2.60. The Morgan fingerprint density at radius 1 is 1.08 bits per heavy atom. The number of carbonyl (C=O) groups excluding carboxylic acids is 1. The Morgan fingerprint density at radius 3 is 2.54 bits per heavy atom. The van der Waals surface area contributed by atoms with Gasteiger partial charge in [-0.05, 0) is 50.4 Å². The second kappa shape index (κ2) is 6.11. The molecule has 0 amide bonds. The van der Waals surface area contributed by atoms with Crippen LogP contribution in [0.4, 0.5) is 0 Å². The van der Waals surface area contributed by atoms with Crippen LogP contribution in [0.5, 0.6) is 5.75 Å². The lowest BCUT2D eigenvalue weighted by Gasteiger charge is -2.24. The van der Waals surface area contributed by atoms with E-state index >= 15 is 0 Å². The maximum absolute atomic E-state index is 12.5. The van der Waals surface area contributed by atoms with Crippen LogP contribution in [0.25, 0.3) is 21.7 Å². The predicted molar refractivity (Wildman–Crippen MR) is 95.5 cm³/mol. The van der Waals surface area contributed by atoms with Crippen LogP contribution in [0.1, 0.15) is 26.5 Å². The van der Waals surface area contributed by atoms with Gasteiger partial charge in [-0.3, -0.25) is 9.78 Å². The number of nitrogens with zero attached hydrogens (tertiary/aromatic N) is 1. The van der Waals surface area contributed by atoms with Crippen molar-refractivity contribution in [3.8, 4) is 5.75 Å². The minimum Gasteiger partial charge on any atom is -0.497 e. The molecule has 24 heavy (non-hydrogen) atoms. The van der Waals surface area contributed by atoms with Gasteiger partial charge in [0.1, 0.15) is 11.2 Å². The highest BCUT2D eigenvalue weighted by Gasteiger charge is 2.35. The van der Waals surface area contributed by atoms with Gasteiger partial charge in [-0.2, -0.15) is 0 Å². The molecule has 0 atom stereocenters. The Bertz CT molecular complexity index is 915. The van der Waals surface area contributed by atoms with Crippen LogP contribution in [0.3, 0.4) is 0 Å². The lowest BCUT2D eigenvalue weighted by molar-refractivity contribution is -0.148. The number of pyridine rings is 1. The molecule has 124 valence electrons. The molecule has 3 aromatic rings. The Labute approximate surface area is 141 Å². The normalized spacial score (nSPS) is 11.7. The van der Waals surface area contributed by atoms with Crippen LogP contribution in [-0.2, 0) is 14.9 Å². The van der Waals surface area contributed by atoms with Crippen LogP contribution in [0.2, 0.25) is 0 Å². The fourth-order valence-corrected chi connectivity index (χ4v) is 2.95. The highest BCUT2D eigenvalue weighted by molar-refractivity contribution is 6.08. The maximum Gasteiger partial charge on any atom is 0.317 e. The SMILES string of the molecule is CCOC(=O)C(C)(C)c1nc2ccccc2c2ccc(OC)cc12. The van der Waals surface area contributed by atoms with Gasteiger partial charge in [0.25, 0.3) is 0 Å². The Hall–Kier alpha value is -2.62. The van der Waals surface area contributed by atoms with Crippen molar-refractivity contribution in [1.82, 2.24) is 4.98 Å². The zero-order valence-electron chi connectivity index (χ0n) is 14.4. The zero-order valence-corrected chi connectivity index (χ0v) is 14.4. The number of fused-ring (bicyclic) bond motifs is 3. The first kappa shape index (κ1) is 16.2. The molecule has 0 aliphatic carbocycles.